The van der Waals surface area contributed by atoms with Crippen LogP contribution in [0.25, 0.3) is 0 Å². The number of urea groups is 1. The van der Waals surface area contributed by atoms with Crippen LogP contribution >= 0.6 is 0 Å². The first-order valence-electron chi connectivity index (χ1n) is 7.02. The Bertz CT molecular complexity index is 587. The van der Waals surface area contributed by atoms with Crippen molar-refractivity contribution in [3.63, 3.8) is 0 Å². The van der Waals surface area contributed by atoms with E-state index >= 15 is 0 Å². The molecule has 1 atom stereocenters. The number of likely N-dealkylation sites (N-methyl/N-ethyl adjacent to an activating group) is 1. The van der Waals surface area contributed by atoms with Gasteiger partial charge in [0.1, 0.15) is 0 Å². The molecule has 2 aliphatic heterocycles. The van der Waals surface area contributed by atoms with Crippen molar-refractivity contribution >= 4 is 17.8 Å². The zero-order valence-corrected chi connectivity index (χ0v) is 11.9. The molecule has 6 heteroatoms. The molecule has 0 spiro atoms. The van der Waals surface area contributed by atoms with Gasteiger partial charge in [0.15, 0.2) is 0 Å². The summed E-state index contributed by atoms with van der Waals surface area (Å²) in [6, 6.07) is 9.67. The van der Waals surface area contributed by atoms with Gasteiger partial charge in [0.05, 0.1) is 6.67 Å². The lowest BCUT2D eigenvalue weighted by Gasteiger charge is -2.27. The zero-order chi connectivity index (χ0) is 15.0. The summed E-state index contributed by atoms with van der Waals surface area (Å²) >= 11 is 0. The summed E-state index contributed by atoms with van der Waals surface area (Å²) in [4.78, 5) is 39.3. The minimum atomic E-state index is -0.754. The number of rotatable bonds is 3. The fourth-order valence-corrected chi connectivity index (χ4v) is 2.97. The van der Waals surface area contributed by atoms with Crippen LogP contribution in [0, 0.1) is 0 Å². The van der Waals surface area contributed by atoms with Gasteiger partial charge >= 0.3 is 17.8 Å². The average Bonchev–Trinajstić information content (AvgIpc) is 3.04. The Kier molecular flexibility index (Phi) is 3.47. The van der Waals surface area contributed by atoms with E-state index in [9.17, 15) is 14.4 Å². The number of carbonyl (C=O) groups is 3. The molecule has 2 heterocycles. The highest BCUT2D eigenvalue weighted by atomic mass is 16.2. The fourth-order valence-electron chi connectivity index (χ4n) is 2.97. The second-order valence-corrected chi connectivity index (χ2v) is 5.40. The molecule has 0 aromatic heterocycles. The number of amides is 4. The Hall–Kier alpha value is -2.21. The van der Waals surface area contributed by atoms with Crippen LogP contribution in [0.15, 0.2) is 30.3 Å². The normalized spacial score (nSPS) is 23.5. The number of imide groups is 2. The minimum absolute atomic E-state index is 0.174. The Morgan fingerprint density at radius 2 is 1.81 bits per heavy atom. The average molecular weight is 287 g/mol. The standard InChI is InChI=1S/C15H17N3O3/c1-16-13(19)14(20)18(15(16)21)10-17-9-5-8-12(17)11-6-3-2-4-7-11/h2-4,6-7,12H,5,8-10H2,1H3. The van der Waals surface area contributed by atoms with Crippen molar-refractivity contribution in [3.8, 4) is 0 Å². The first kappa shape index (κ1) is 13.8. The molecular weight excluding hydrogens is 270 g/mol. The van der Waals surface area contributed by atoms with Crippen LogP contribution in [0.4, 0.5) is 4.79 Å². The van der Waals surface area contributed by atoms with Crippen molar-refractivity contribution in [1.29, 1.82) is 0 Å². The number of hydrogen-bond donors (Lipinski definition) is 0. The van der Waals surface area contributed by atoms with Gasteiger partial charge in [0.25, 0.3) is 0 Å². The number of hydrogen-bond acceptors (Lipinski definition) is 4. The molecule has 1 aromatic rings. The summed E-state index contributed by atoms with van der Waals surface area (Å²) in [6.07, 6.45) is 2.00. The largest absolute Gasteiger partial charge is 0.335 e. The topological polar surface area (TPSA) is 60.9 Å². The Morgan fingerprint density at radius 1 is 1.10 bits per heavy atom. The summed E-state index contributed by atoms with van der Waals surface area (Å²) in [5.74, 6) is -1.49. The first-order chi connectivity index (χ1) is 10.1. The van der Waals surface area contributed by atoms with Gasteiger partial charge in [0, 0.05) is 19.6 Å². The van der Waals surface area contributed by atoms with E-state index in [2.05, 4.69) is 4.90 Å². The molecule has 1 aromatic carbocycles. The van der Waals surface area contributed by atoms with Crippen LogP contribution in [-0.2, 0) is 9.59 Å². The summed E-state index contributed by atoms with van der Waals surface area (Å²) in [6.45, 7) is 0.988. The molecule has 0 radical (unpaired) electrons. The monoisotopic (exact) mass is 287 g/mol. The molecule has 1 unspecified atom stereocenters. The van der Waals surface area contributed by atoms with Gasteiger partial charge in [-0.3, -0.25) is 19.4 Å². The molecule has 0 saturated carbocycles. The second-order valence-electron chi connectivity index (χ2n) is 5.40. The van der Waals surface area contributed by atoms with Crippen LogP contribution in [0.1, 0.15) is 24.4 Å². The van der Waals surface area contributed by atoms with Crippen LogP contribution in [0.2, 0.25) is 0 Å². The fraction of sp³-hybridized carbons (Fsp3) is 0.400. The molecule has 2 aliphatic rings. The summed E-state index contributed by atoms with van der Waals surface area (Å²) in [5, 5.41) is 0. The lowest BCUT2D eigenvalue weighted by molar-refractivity contribution is -0.143. The molecule has 0 bridgehead atoms. The van der Waals surface area contributed by atoms with Crippen LogP contribution in [0.3, 0.4) is 0 Å². The van der Waals surface area contributed by atoms with E-state index in [1.54, 1.807) is 0 Å². The van der Waals surface area contributed by atoms with Gasteiger partial charge in [-0.1, -0.05) is 30.3 Å². The van der Waals surface area contributed by atoms with Gasteiger partial charge in [-0.15, -0.1) is 0 Å². The third kappa shape index (κ3) is 2.31. The van der Waals surface area contributed by atoms with E-state index in [1.165, 1.54) is 12.6 Å². The van der Waals surface area contributed by atoms with E-state index in [-0.39, 0.29) is 12.7 Å². The summed E-state index contributed by atoms with van der Waals surface area (Å²) in [7, 11) is 1.33. The maximum atomic E-state index is 11.9. The first-order valence-corrected chi connectivity index (χ1v) is 7.02. The highest BCUT2D eigenvalue weighted by molar-refractivity contribution is 6.44. The van der Waals surface area contributed by atoms with Gasteiger partial charge in [-0.2, -0.15) is 0 Å². The van der Waals surface area contributed by atoms with E-state index < -0.39 is 17.8 Å². The Balaban J connectivity index is 1.77. The molecule has 0 N–H and O–H groups in total. The molecule has 2 fully saturated rings. The second kappa shape index (κ2) is 5.29. The number of benzene rings is 1. The number of nitrogens with zero attached hydrogens (tertiary/aromatic N) is 3. The van der Waals surface area contributed by atoms with Crippen LogP contribution in [-0.4, -0.2) is 52.8 Å². The zero-order valence-electron chi connectivity index (χ0n) is 11.9. The van der Waals surface area contributed by atoms with E-state index in [1.807, 2.05) is 30.3 Å². The number of carbonyl (C=O) groups excluding carboxylic acids is 3. The maximum absolute atomic E-state index is 11.9. The van der Waals surface area contributed by atoms with Crippen molar-refractivity contribution < 1.29 is 14.4 Å². The highest BCUT2D eigenvalue weighted by Gasteiger charge is 2.43. The third-order valence-electron chi connectivity index (χ3n) is 4.12. The Morgan fingerprint density at radius 3 is 2.43 bits per heavy atom. The SMILES string of the molecule is CN1C(=O)C(=O)N(CN2CCCC2c2ccccc2)C1=O. The molecule has 110 valence electrons. The number of likely N-dealkylation sites (tertiary alicyclic amines) is 1. The lowest BCUT2D eigenvalue weighted by Crippen LogP contribution is -2.41. The van der Waals surface area contributed by atoms with Crippen LogP contribution in [0.5, 0.6) is 0 Å². The van der Waals surface area contributed by atoms with Crippen molar-refractivity contribution in [3.05, 3.63) is 35.9 Å². The van der Waals surface area contributed by atoms with Gasteiger partial charge < -0.3 is 0 Å². The summed E-state index contributed by atoms with van der Waals surface area (Å²) in [5.41, 5.74) is 1.17. The van der Waals surface area contributed by atoms with E-state index in [0.717, 1.165) is 29.2 Å². The Labute approximate surface area is 122 Å². The van der Waals surface area contributed by atoms with E-state index in [4.69, 9.17) is 0 Å². The quantitative estimate of drug-likeness (QED) is 0.619. The molecule has 6 nitrogen and oxygen atoms in total. The van der Waals surface area contributed by atoms with Crippen molar-refractivity contribution in [2.75, 3.05) is 20.3 Å². The molecule has 0 aliphatic carbocycles. The molecular formula is C15H17N3O3. The predicted molar refractivity (Wildman–Crippen MR) is 75.0 cm³/mol. The van der Waals surface area contributed by atoms with Gasteiger partial charge in [-0.05, 0) is 18.4 Å². The molecule has 21 heavy (non-hydrogen) atoms. The van der Waals surface area contributed by atoms with Gasteiger partial charge in [0.2, 0.25) is 0 Å². The van der Waals surface area contributed by atoms with Gasteiger partial charge in [-0.25, -0.2) is 9.69 Å². The third-order valence-corrected chi connectivity index (χ3v) is 4.12. The molecule has 2 saturated heterocycles. The summed E-state index contributed by atoms with van der Waals surface area (Å²) < 4.78 is 0. The van der Waals surface area contributed by atoms with Crippen LogP contribution < -0.4 is 0 Å². The van der Waals surface area contributed by atoms with E-state index in [0.29, 0.717) is 0 Å². The predicted octanol–water partition coefficient (Wildman–Crippen LogP) is 1.20. The molecule has 3 rings (SSSR count). The van der Waals surface area contributed by atoms with Crippen molar-refractivity contribution in [2.24, 2.45) is 0 Å². The molecule has 4 amide bonds. The minimum Gasteiger partial charge on any atom is -0.278 e. The van der Waals surface area contributed by atoms with Crippen molar-refractivity contribution in [2.45, 2.75) is 18.9 Å². The van der Waals surface area contributed by atoms with Crippen molar-refractivity contribution in [1.82, 2.24) is 14.7 Å². The highest BCUT2D eigenvalue weighted by Crippen LogP contribution is 2.32. The lowest BCUT2D eigenvalue weighted by atomic mass is 10.1. The maximum Gasteiger partial charge on any atom is 0.335 e. The smallest absolute Gasteiger partial charge is 0.278 e.